The summed E-state index contributed by atoms with van der Waals surface area (Å²) >= 11 is 0. The van der Waals surface area contributed by atoms with Gasteiger partial charge in [-0.2, -0.15) is 4.98 Å². The maximum Gasteiger partial charge on any atom is 0.240 e. The molecule has 0 aliphatic carbocycles. The summed E-state index contributed by atoms with van der Waals surface area (Å²) in [4.78, 5) is 12.6. The highest BCUT2D eigenvalue weighted by molar-refractivity contribution is 5.33. The van der Waals surface area contributed by atoms with Gasteiger partial charge < -0.3 is 15.2 Å². The lowest BCUT2D eigenvalue weighted by molar-refractivity contribution is 0.355. The second-order valence-electron chi connectivity index (χ2n) is 4.02. The molecule has 0 aromatic carbocycles. The molecule has 0 fully saturated rings. The van der Waals surface area contributed by atoms with Crippen molar-refractivity contribution in [3.8, 4) is 11.8 Å². The molecule has 0 saturated carbocycles. The third-order valence-corrected chi connectivity index (χ3v) is 2.74. The summed E-state index contributed by atoms with van der Waals surface area (Å²) in [5, 5.41) is 0. The van der Waals surface area contributed by atoms with Gasteiger partial charge in [-0.25, -0.2) is 4.98 Å². The molecule has 0 spiro atoms. The van der Waals surface area contributed by atoms with Crippen LogP contribution in [0.4, 0.5) is 0 Å². The number of nitrogens with zero attached hydrogens (tertiary/aromatic N) is 3. The zero-order chi connectivity index (χ0) is 13.8. The molecule has 0 aliphatic rings. The van der Waals surface area contributed by atoms with Gasteiger partial charge in [0, 0.05) is 11.9 Å². The molecule has 2 rings (SSSR count). The van der Waals surface area contributed by atoms with E-state index < -0.39 is 6.04 Å². The average Bonchev–Trinajstić information content (AvgIpc) is 2.46. The van der Waals surface area contributed by atoms with E-state index >= 15 is 0 Å². The topological polar surface area (TPSA) is 83.2 Å². The van der Waals surface area contributed by atoms with Gasteiger partial charge in [0.15, 0.2) is 0 Å². The fourth-order valence-electron chi connectivity index (χ4n) is 1.65. The largest absolute Gasteiger partial charge is 0.480 e. The van der Waals surface area contributed by atoms with Crippen molar-refractivity contribution in [1.82, 2.24) is 15.0 Å². The van der Waals surface area contributed by atoms with Crippen LogP contribution in [0.3, 0.4) is 0 Å². The summed E-state index contributed by atoms with van der Waals surface area (Å²) in [5.74, 6) is 0.738. The normalized spacial score (nSPS) is 12.0. The van der Waals surface area contributed by atoms with Crippen molar-refractivity contribution in [3.63, 3.8) is 0 Å². The third kappa shape index (κ3) is 2.79. The Bertz CT molecular complexity index is 557. The van der Waals surface area contributed by atoms with Crippen LogP contribution in [0.15, 0.2) is 24.5 Å². The highest BCUT2D eigenvalue weighted by Gasteiger charge is 2.18. The molecule has 0 bridgehead atoms. The molecule has 0 saturated heterocycles. The van der Waals surface area contributed by atoms with Crippen molar-refractivity contribution < 1.29 is 9.47 Å². The summed E-state index contributed by atoms with van der Waals surface area (Å²) in [6, 6.07) is 3.37. The van der Waals surface area contributed by atoms with E-state index in [2.05, 4.69) is 15.0 Å². The van der Waals surface area contributed by atoms with Gasteiger partial charge in [-0.05, 0) is 18.6 Å². The average molecular weight is 260 g/mol. The van der Waals surface area contributed by atoms with Crippen LogP contribution in [0.5, 0.6) is 11.8 Å². The molecule has 6 nitrogen and oxygen atoms in total. The molecule has 0 amide bonds. The van der Waals surface area contributed by atoms with E-state index in [0.29, 0.717) is 17.5 Å². The van der Waals surface area contributed by atoms with Crippen LogP contribution in [0, 0.1) is 6.92 Å². The summed E-state index contributed by atoms with van der Waals surface area (Å²) in [7, 11) is 3.04. The first-order valence-corrected chi connectivity index (χ1v) is 5.78. The lowest BCUT2D eigenvalue weighted by Crippen LogP contribution is -2.16. The van der Waals surface area contributed by atoms with E-state index in [1.807, 2.05) is 19.1 Å². The second-order valence-corrected chi connectivity index (χ2v) is 4.02. The molecular formula is C13H16N4O2. The molecule has 19 heavy (non-hydrogen) atoms. The summed E-state index contributed by atoms with van der Waals surface area (Å²) < 4.78 is 10.2. The molecule has 6 heteroatoms. The fourth-order valence-corrected chi connectivity index (χ4v) is 1.65. The van der Waals surface area contributed by atoms with Gasteiger partial charge in [0.2, 0.25) is 11.8 Å². The Hall–Kier alpha value is -2.21. The molecule has 2 heterocycles. The number of hydrogen-bond donors (Lipinski definition) is 1. The van der Waals surface area contributed by atoms with Crippen molar-refractivity contribution in [2.75, 3.05) is 14.2 Å². The van der Waals surface area contributed by atoms with Gasteiger partial charge in [-0.15, -0.1) is 0 Å². The van der Waals surface area contributed by atoms with E-state index in [-0.39, 0.29) is 0 Å². The molecular weight excluding hydrogens is 244 g/mol. The fraction of sp³-hybridized carbons (Fsp3) is 0.308. The molecule has 1 atom stereocenters. The monoisotopic (exact) mass is 260 g/mol. The molecule has 1 unspecified atom stereocenters. The Kier molecular flexibility index (Phi) is 3.91. The number of aromatic nitrogens is 3. The van der Waals surface area contributed by atoms with Gasteiger partial charge >= 0.3 is 0 Å². The van der Waals surface area contributed by atoms with Gasteiger partial charge in [-0.1, -0.05) is 6.07 Å². The van der Waals surface area contributed by atoms with Crippen molar-refractivity contribution in [2.24, 2.45) is 5.73 Å². The maximum absolute atomic E-state index is 6.17. The Morgan fingerprint density at radius 2 is 1.89 bits per heavy atom. The Labute approximate surface area is 111 Å². The number of pyridine rings is 1. The predicted molar refractivity (Wildman–Crippen MR) is 70.1 cm³/mol. The highest BCUT2D eigenvalue weighted by atomic mass is 16.5. The number of aryl methyl sites for hydroxylation is 1. The highest BCUT2D eigenvalue weighted by Crippen LogP contribution is 2.26. The van der Waals surface area contributed by atoms with Gasteiger partial charge in [-0.3, -0.25) is 4.98 Å². The smallest absolute Gasteiger partial charge is 0.240 e. The minimum absolute atomic E-state index is 0.354. The Balaban J connectivity index is 2.37. The maximum atomic E-state index is 6.17. The van der Waals surface area contributed by atoms with Crippen LogP contribution in [-0.2, 0) is 0 Å². The summed E-state index contributed by atoms with van der Waals surface area (Å²) in [6.07, 6.45) is 3.24. The van der Waals surface area contributed by atoms with Crippen molar-refractivity contribution in [2.45, 2.75) is 13.0 Å². The molecule has 2 N–H and O–H groups in total. The van der Waals surface area contributed by atoms with Crippen LogP contribution in [-0.4, -0.2) is 29.2 Å². The molecule has 0 radical (unpaired) electrons. The first-order chi connectivity index (χ1) is 9.15. The minimum Gasteiger partial charge on any atom is -0.480 e. The zero-order valence-electron chi connectivity index (χ0n) is 11.1. The third-order valence-electron chi connectivity index (χ3n) is 2.74. The van der Waals surface area contributed by atoms with Crippen molar-refractivity contribution in [1.29, 1.82) is 0 Å². The number of ether oxygens (including phenoxy) is 2. The predicted octanol–water partition coefficient (Wildman–Crippen LogP) is 1.25. The van der Waals surface area contributed by atoms with E-state index in [1.165, 1.54) is 20.4 Å². The van der Waals surface area contributed by atoms with E-state index in [4.69, 9.17) is 15.2 Å². The lowest BCUT2D eigenvalue weighted by atomic mass is 10.1. The van der Waals surface area contributed by atoms with Crippen LogP contribution in [0.25, 0.3) is 0 Å². The summed E-state index contributed by atoms with van der Waals surface area (Å²) in [6.45, 7) is 1.92. The number of rotatable bonds is 4. The minimum atomic E-state index is -0.443. The van der Waals surface area contributed by atoms with E-state index in [1.54, 1.807) is 6.20 Å². The van der Waals surface area contributed by atoms with E-state index in [0.717, 1.165) is 11.3 Å². The van der Waals surface area contributed by atoms with Crippen LogP contribution >= 0.6 is 0 Å². The first-order valence-electron chi connectivity index (χ1n) is 5.78. The van der Waals surface area contributed by atoms with Gasteiger partial charge in [0.1, 0.15) is 5.69 Å². The van der Waals surface area contributed by atoms with Crippen LogP contribution < -0.4 is 15.2 Å². The summed E-state index contributed by atoms with van der Waals surface area (Å²) in [5.41, 5.74) is 8.51. The van der Waals surface area contributed by atoms with Gasteiger partial charge in [0.25, 0.3) is 0 Å². The van der Waals surface area contributed by atoms with Gasteiger partial charge in [0.05, 0.1) is 26.5 Å². The zero-order valence-corrected chi connectivity index (χ0v) is 11.1. The molecule has 2 aromatic heterocycles. The Morgan fingerprint density at radius 3 is 2.47 bits per heavy atom. The lowest BCUT2D eigenvalue weighted by Gasteiger charge is -2.14. The van der Waals surface area contributed by atoms with Crippen LogP contribution in [0.1, 0.15) is 23.0 Å². The number of nitrogens with two attached hydrogens (primary N) is 1. The second kappa shape index (κ2) is 5.62. The number of methoxy groups -OCH3 is 2. The van der Waals surface area contributed by atoms with Crippen molar-refractivity contribution >= 4 is 0 Å². The standard InChI is InChI=1S/C13H16N4O2/c1-8-4-5-9(6-15-8)11(14)12-13(19-3)17-10(18-2)7-16-12/h4-7,11H,14H2,1-3H3. The number of hydrogen-bond acceptors (Lipinski definition) is 6. The molecule has 2 aromatic rings. The quantitative estimate of drug-likeness (QED) is 0.890. The molecule has 100 valence electrons. The van der Waals surface area contributed by atoms with Crippen molar-refractivity contribution in [3.05, 3.63) is 41.5 Å². The van der Waals surface area contributed by atoms with E-state index in [9.17, 15) is 0 Å². The first kappa shape index (κ1) is 13.2. The SMILES string of the molecule is COc1cnc(C(N)c2ccc(C)nc2)c(OC)n1. The Morgan fingerprint density at radius 1 is 1.11 bits per heavy atom. The van der Waals surface area contributed by atoms with Crippen LogP contribution in [0.2, 0.25) is 0 Å². The molecule has 0 aliphatic heterocycles.